The normalized spacial score (nSPS) is 10.4. The summed E-state index contributed by atoms with van der Waals surface area (Å²) < 4.78 is 10.5. The number of hydrazine groups is 1. The number of nitrogens with zero attached hydrogens (tertiary/aromatic N) is 2. The molecular weight excluding hydrogens is 408 g/mol. The Morgan fingerprint density at radius 3 is 2.38 bits per heavy atom. The maximum atomic E-state index is 11.7. The monoisotopic (exact) mass is 432 g/mol. The predicted molar refractivity (Wildman–Crippen MR) is 103 cm³/mol. The van der Waals surface area contributed by atoms with Crippen molar-refractivity contribution in [3.8, 4) is 0 Å². The van der Waals surface area contributed by atoms with Crippen molar-refractivity contribution in [1.82, 2.24) is 26.4 Å². The summed E-state index contributed by atoms with van der Waals surface area (Å²) in [6.07, 6.45) is 1.00. The van der Waals surface area contributed by atoms with E-state index in [0.29, 0.717) is 18.6 Å². The first-order valence-electron chi connectivity index (χ1n) is 8.76. The first-order chi connectivity index (χ1) is 13.9. The van der Waals surface area contributed by atoms with Gasteiger partial charge < -0.3 is 24.9 Å². The van der Waals surface area contributed by atoms with Crippen LogP contribution in [0.4, 0.5) is 5.82 Å². The minimum atomic E-state index is -0.683. The summed E-state index contributed by atoms with van der Waals surface area (Å²) >= 11 is 3.99. The van der Waals surface area contributed by atoms with Crippen molar-refractivity contribution in [1.29, 1.82) is 0 Å². The Labute approximate surface area is 171 Å². The van der Waals surface area contributed by atoms with Crippen molar-refractivity contribution in [2.45, 2.75) is 19.3 Å². The van der Waals surface area contributed by atoms with Crippen LogP contribution in [0.5, 0.6) is 0 Å². The molecule has 0 saturated heterocycles. The number of hydrogen-bond acceptors (Lipinski definition) is 9. The van der Waals surface area contributed by atoms with Crippen molar-refractivity contribution >= 4 is 36.2 Å². The number of nitrogens with one attached hydrogen (secondary N) is 4. The van der Waals surface area contributed by atoms with Gasteiger partial charge in [0.2, 0.25) is 11.8 Å². The lowest BCUT2D eigenvalue weighted by Crippen LogP contribution is -2.41. The van der Waals surface area contributed by atoms with Crippen molar-refractivity contribution < 1.29 is 28.8 Å². The molecule has 3 amide bonds. The number of nitro groups is 1. The first-order valence-corrected chi connectivity index (χ1v) is 9.39. The van der Waals surface area contributed by atoms with Gasteiger partial charge in [-0.25, -0.2) is 0 Å². The highest BCUT2D eigenvalue weighted by Crippen LogP contribution is 2.07. The fourth-order valence-corrected chi connectivity index (χ4v) is 2.00. The topological polar surface area (TPSA) is 178 Å². The van der Waals surface area contributed by atoms with E-state index < -0.39 is 10.8 Å². The van der Waals surface area contributed by atoms with Gasteiger partial charge in [-0.3, -0.25) is 25.2 Å². The van der Waals surface area contributed by atoms with Crippen LogP contribution in [0.2, 0.25) is 0 Å². The maximum Gasteiger partial charge on any atom is 0.343 e. The fourth-order valence-electron chi connectivity index (χ4n) is 1.84. The van der Waals surface area contributed by atoms with Crippen LogP contribution >= 0.6 is 12.6 Å². The van der Waals surface area contributed by atoms with Gasteiger partial charge in [0, 0.05) is 13.0 Å². The van der Waals surface area contributed by atoms with Gasteiger partial charge in [0.25, 0.3) is 5.91 Å². The molecule has 0 atom stereocenters. The Morgan fingerprint density at radius 2 is 1.76 bits per heavy atom. The van der Waals surface area contributed by atoms with Crippen LogP contribution in [0.1, 0.15) is 29.8 Å². The molecule has 0 fully saturated rings. The van der Waals surface area contributed by atoms with Crippen LogP contribution in [-0.2, 0) is 19.1 Å². The van der Waals surface area contributed by atoms with E-state index in [-0.39, 0.29) is 62.7 Å². The van der Waals surface area contributed by atoms with Crippen LogP contribution in [0, 0.1) is 10.1 Å². The van der Waals surface area contributed by atoms with Gasteiger partial charge in [0.05, 0.1) is 38.9 Å². The average molecular weight is 432 g/mol. The number of rotatable bonds is 14. The minimum Gasteiger partial charge on any atom is -0.379 e. The summed E-state index contributed by atoms with van der Waals surface area (Å²) in [6, 6.07) is 1.04. The number of carbonyl (C=O) groups is 3. The molecule has 1 rings (SSSR count). The highest BCUT2D eigenvalue weighted by molar-refractivity contribution is 7.80. The fraction of sp³-hybridized carbons (Fsp3) is 0.600. The third-order valence-corrected chi connectivity index (χ3v) is 3.59. The van der Waals surface area contributed by atoms with Crippen molar-refractivity contribution in [2.75, 3.05) is 38.7 Å². The lowest BCUT2D eigenvalue weighted by molar-refractivity contribution is -0.389. The highest BCUT2D eigenvalue weighted by atomic mass is 32.1. The molecule has 29 heavy (non-hydrogen) atoms. The molecule has 0 spiro atoms. The molecule has 0 bridgehead atoms. The minimum absolute atomic E-state index is 0.0821. The van der Waals surface area contributed by atoms with Crippen LogP contribution in [-0.4, -0.2) is 71.6 Å². The predicted octanol–water partition coefficient (Wildman–Crippen LogP) is -0.672. The Kier molecular flexibility index (Phi) is 12.0. The molecule has 4 N–H and O–H groups in total. The number of amides is 3. The Bertz CT molecular complexity index is 684. The van der Waals surface area contributed by atoms with Crippen LogP contribution in [0.15, 0.2) is 6.07 Å². The zero-order valence-corrected chi connectivity index (χ0v) is 16.5. The van der Waals surface area contributed by atoms with Gasteiger partial charge in [0.1, 0.15) is 0 Å². The quantitative estimate of drug-likeness (QED) is 0.111. The van der Waals surface area contributed by atoms with Gasteiger partial charge in [-0.15, -0.1) is 5.10 Å². The number of hydrogen-bond donors (Lipinski definition) is 5. The third-order valence-electron chi connectivity index (χ3n) is 3.27. The number of ether oxygens (including phenoxy) is 2. The molecule has 0 saturated carbocycles. The number of aromatic amines is 1. The second-order valence-corrected chi connectivity index (χ2v) is 6.00. The van der Waals surface area contributed by atoms with E-state index in [2.05, 4.69) is 39.0 Å². The largest absolute Gasteiger partial charge is 0.379 e. The second kappa shape index (κ2) is 14.3. The lowest BCUT2D eigenvalue weighted by Gasteiger charge is -2.08. The van der Waals surface area contributed by atoms with Crippen LogP contribution in [0.25, 0.3) is 0 Å². The number of aromatic nitrogens is 2. The van der Waals surface area contributed by atoms with Crippen LogP contribution in [0.3, 0.4) is 0 Å². The molecule has 13 nitrogen and oxygen atoms in total. The van der Waals surface area contributed by atoms with E-state index >= 15 is 0 Å². The molecule has 162 valence electrons. The Balaban J connectivity index is 1.96. The van der Waals surface area contributed by atoms with Gasteiger partial charge >= 0.3 is 5.82 Å². The summed E-state index contributed by atoms with van der Waals surface area (Å²) in [5, 5.41) is 18.7. The number of thiol groups is 1. The maximum absolute atomic E-state index is 11.7. The molecule has 1 aromatic heterocycles. The first kappa shape index (κ1) is 24.3. The zero-order valence-electron chi connectivity index (χ0n) is 15.6. The molecule has 14 heteroatoms. The molecule has 0 unspecified atom stereocenters. The smallest absolute Gasteiger partial charge is 0.343 e. The van der Waals surface area contributed by atoms with Gasteiger partial charge in [-0.05, 0) is 17.1 Å². The Morgan fingerprint density at radius 1 is 1.10 bits per heavy atom. The van der Waals surface area contributed by atoms with Crippen molar-refractivity contribution in [3.05, 3.63) is 21.9 Å². The summed E-state index contributed by atoms with van der Waals surface area (Å²) in [5.41, 5.74) is 4.49. The average Bonchev–Trinajstić information content (AvgIpc) is 3.20. The van der Waals surface area contributed by atoms with Crippen molar-refractivity contribution in [3.63, 3.8) is 0 Å². The molecule has 0 aliphatic carbocycles. The van der Waals surface area contributed by atoms with E-state index in [4.69, 9.17) is 9.47 Å². The molecule has 0 aromatic carbocycles. The number of H-pyrrole nitrogens is 1. The van der Waals surface area contributed by atoms with E-state index in [9.17, 15) is 24.5 Å². The highest BCUT2D eigenvalue weighted by Gasteiger charge is 2.15. The van der Waals surface area contributed by atoms with Crippen LogP contribution < -0.4 is 16.2 Å². The van der Waals surface area contributed by atoms with E-state index in [1.807, 2.05) is 0 Å². The van der Waals surface area contributed by atoms with Gasteiger partial charge in [0.15, 0.2) is 5.69 Å². The van der Waals surface area contributed by atoms with Gasteiger partial charge in [-0.1, -0.05) is 5.10 Å². The van der Waals surface area contributed by atoms with Crippen molar-refractivity contribution in [2.24, 2.45) is 0 Å². The molecule has 0 radical (unpaired) electrons. The SMILES string of the molecule is O=C(CCCS)NNC(=O)CCOCCOCCNC(=O)c1cc([N+](=O)[O-])[nH]n1. The lowest BCUT2D eigenvalue weighted by atomic mass is 10.3. The molecule has 1 heterocycles. The van der Waals surface area contributed by atoms with E-state index in [1.165, 1.54) is 0 Å². The standard InChI is InChI=1S/C15H24N6O7S/c22-13(2-1-9-29)19-20-14(23)3-5-27-7-8-28-6-4-16-15(24)11-10-12(18-17-11)21(25)26/h10,29H,1-9H2,(H,16,24)(H,17,18)(H,19,22)(H,20,23). The molecule has 0 aliphatic heterocycles. The Hall–Kier alpha value is -2.71. The van der Waals surface area contributed by atoms with E-state index in [0.717, 1.165) is 6.07 Å². The summed E-state index contributed by atoms with van der Waals surface area (Å²) in [6.45, 7) is 1.07. The second-order valence-electron chi connectivity index (χ2n) is 5.55. The van der Waals surface area contributed by atoms with Gasteiger partial charge in [-0.2, -0.15) is 12.6 Å². The molecule has 0 aliphatic rings. The third kappa shape index (κ3) is 11.0. The molecule has 1 aromatic rings. The van der Waals surface area contributed by atoms with E-state index in [1.54, 1.807) is 0 Å². The molecular formula is C15H24N6O7S. The zero-order chi connectivity index (χ0) is 21.5. The summed E-state index contributed by atoms with van der Waals surface area (Å²) in [4.78, 5) is 44.3. The summed E-state index contributed by atoms with van der Waals surface area (Å²) in [5.74, 6) is -0.977. The summed E-state index contributed by atoms with van der Waals surface area (Å²) in [7, 11) is 0. The number of carbonyl (C=O) groups excluding carboxylic acids is 3.